The van der Waals surface area contributed by atoms with Gasteiger partial charge in [0.15, 0.2) is 0 Å². The number of H-pyrrole nitrogens is 1. The minimum Gasteiger partial charge on any atom is -0.383 e. The summed E-state index contributed by atoms with van der Waals surface area (Å²) in [6.07, 6.45) is 0. The van der Waals surface area contributed by atoms with Crippen LogP contribution in [-0.2, 0) is 11.3 Å². The Bertz CT molecular complexity index is 910. The fraction of sp³-hybridized carbons (Fsp3) is 0.500. The van der Waals surface area contributed by atoms with Crippen LogP contribution in [0.1, 0.15) is 17.3 Å². The number of amides is 1. The summed E-state index contributed by atoms with van der Waals surface area (Å²) >= 11 is 0. The van der Waals surface area contributed by atoms with Crippen molar-refractivity contribution in [3.63, 3.8) is 0 Å². The molecule has 140 valence electrons. The molecule has 0 aliphatic carbocycles. The molecule has 1 aliphatic heterocycles. The Labute approximate surface area is 151 Å². The van der Waals surface area contributed by atoms with Gasteiger partial charge in [-0.2, -0.15) is 0 Å². The van der Waals surface area contributed by atoms with E-state index in [-0.39, 0.29) is 24.6 Å². The summed E-state index contributed by atoms with van der Waals surface area (Å²) in [7, 11) is 1.51. The Hall–Kier alpha value is -2.45. The van der Waals surface area contributed by atoms with E-state index < -0.39 is 5.69 Å². The molecule has 1 aliphatic rings. The van der Waals surface area contributed by atoms with E-state index in [4.69, 9.17) is 4.74 Å². The van der Waals surface area contributed by atoms with E-state index in [9.17, 15) is 14.4 Å². The number of hydrogen-bond donors (Lipinski definition) is 1. The van der Waals surface area contributed by atoms with Gasteiger partial charge in [0.1, 0.15) is 0 Å². The van der Waals surface area contributed by atoms with Crippen LogP contribution in [0, 0.1) is 0 Å². The van der Waals surface area contributed by atoms with Gasteiger partial charge in [0.25, 0.3) is 11.5 Å². The predicted molar refractivity (Wildman–Crippen MR) is 98.7 cm³/mol. The van der Waals surface area contributed by atoms with Gasteiger partial charge < -0.3 is 19.5 Å². The van der Waals surface area contributed by atoms with Crippen LogP contribution in [0.2, 0.25) is 0 Å². The lowest BCUT2D eigenvalue weighted by Crippen LogP contribution is -2.48. The van der Waals surface area contributed by atoms with Crippen molar-refractivity contribution in [2.24, 2.45) is 0 Å². The number of methoxy groups -OCH3 is 1. The number of nitrogens with one attached hydrogen (secondary N) is 1. The van der Waals surface area contributed by atoms with Crippen molar-refractivity contribution in [2.45, 2.75) is 13.5 Å². The van der Waals surface area contributed by atoms with Gasteiger partial charge in [-0.1, -0.05) is 6.92 Å². The molecule has 8 nitrogen and oxygen atoms in total. The summed E-state index contributed by atoms with van der Waals surface area (Å²) in [5.74, 6) is -0.0768. The minimum atomic E-state index is -0.499. The molecule has 1 saturated heterocycles. The Balaban J connectivity index is 1.89. The minimum absolute atomic E-state index is 0.0768. The number of carbonyl (C=O) groups excluding carboxylic acids is 1. The molecule has 2 aromatic rings. The molecule has 1 aromatic carbocycles. The monoisotopic (exact) mass is 360 g/mol. The lowest BCUT2D eigenvalue weighted by Gasteiger charge is -2.34. The number of hydrogen-bond acceptors (Lipinski definition) is 5. The van der Waals surface area contributed by atoms with E-state index in [1.165, 1.54) is 7.11 Å². The number of aromatic amines is 1. The molecule has 1 aromatic heterocycles. The number of piperazine rings is 1. The van der Waals surface area contributed by atoms with Gasteiger partial charge in [-0.05, 0) is 24.7 Å². The van der Waals surface area contributed by atoms with Crippen LogP contribution in [0.5, 0.6) is 0 Å². The van der Waals surface area contributed by atoms with Gasteiger partial charge >= 0.3 is 5.69 Å². The molecule has 3 rings (SSSR count). The van der Waals surface area contributed by atoms with Crippen molar-refractivity contribution in [3.05, 3.63) is 44.6 Å². The van der Waals surface area contributed by atoms with Gasteiger partial charge in [-0.15, -0.1) is 0 Å². The lowest BCUT2D eigenvalue weighted by atomic mass is 10.1. The first-order chi connectivity index (χ1) is 12.5. The van der Waals surface area contributed by atoms with Crippen LogP contribution in [0.25, 0.3) is 10.9 Å². The number of nitrogens with zero attached hydrogens (tertiary/aromatic N) is 3. The number of aromatic nitrogens is 2. The average Bonchev–Trinajstić information content (AvgIpc) is 2.67. The smallest absolute Gasteiger partial charge is 0.328 e. The first-order valence-electron chi connectivity index (χ1n) is 8.82. The molecule has 0 bridgehead atoms. The first-order valence-corrected chi connectivity index (χ1v) is 8.82. The summed E-state index contributed by atoms with van der Waals surface area (Å²) in [5, 5.41) is 0.382. The third-order valence-corrected chi connectivity index (χ3v) is 4.85. The summed E-state index contributed by atoms with van der Waals surface area (Å²) < 4.78 is 6.04. The molecular formula is C18H24N4O4. The maximum Gasteiger partial charge on any atom is 0.328 e. The molecule has 0 saturated carbocycles. The van der Waals surface area contributed by atoms with Crippen LogP contribution in [-0.4, -0.2) is 71.7 Å². The number of rotatable bonds is 5. The van der Waals surface area contributed by atoms with E-state index in [0.29, 0.717) is 29.6 Å². The highest BCUT2D eigenvalue weighted by atomic mass is 16.5. The number of ether oxygens (including phenoxy) is 1. The van der Waals surface area contributed by atoms with Gasteiger partial charge in [0, 0.05) is 38.9 Å². The predicted octanol–water partition coefficient (Wildman–Crippen LogP) is 0.114. The molecule has 1 amide bonds. The van der Waals surface area contributed by atoms with E-state index >= 15 is 0 Å². The standard InChI is InChI=1S/C18H24N4O4/c1-3-20-6-8-21(9-7-20)16(23)13-4-5-14-15(12-13)19-18(25)22(17(14)24)10-11-26-2/h4-5,12H,3,6-11H2,1-2H3,(H,19,25). The summed E-state index contributed by atoms with van der Waals surface area (Å²) in [5.41, 5.74) is -0.0177. The number of carbonyl (C=O) groups is 1. The highest BCUT2D eigenvalue weighted by Crippen LogP contribution is 2.13. The number of fused-ring (bicyclic) bond motifs is 1. The van der Waals surface area contributed by atoms with Crippen molar-refractivity contribution in [1.82, 2.24) is 19.4 Å². The summed E-state index contributed by atoms with van der Waals surface area (Å²) in [4.78, 5) is 44.2. The molecule has 8 heteroatoms. The molecule has 1 fully saturated rings. The Morgan fingerprint density at radius 1 is 1.19 bits per heavy atom. The molecule has 0 atom stereocenters. The molecule has 0 unspecified atom stereocenters. The quantitative estimate of drug-likeness (QED) is 0.818. The van der Waals surface area contributed by atoms with Gasteiger partial charge in [-0.25, -0.2) is 4.79 Å². The SMILES string of the molecule is CCN1CCN(C(=O)c2ccc3c(=O)n(CCOC)c(=O)[nH]c3c2)CC1. The van der Waals surface area contributed by atoms with E-state index in [1.807, 2.05) is 4.90 Å². The van der Waals surface area contributed by atoms with Gasteiger partial charge in [0.05, 0.1) is 24.1 Å². The zero-order valence-corrected chi connectivity index (χ0v) is 15.2. The third-order valence-electron chi connectivity index (χ3n) is 4.85. The zero-order chi connectivity index (χ0) is 18.7. The van der Waals surface area contributed by atoms with Crippen LogP contribution < -0.4 is 11.2 Å². The highest BCUT2D eigenvalue weighted by molar-refractivity contribution is 5.97. The second kappa shape index (κ2) is 7.84. The fourth-order valence-corrected chi connectivity index (χ4v) is 3.22. The van der Waals surface area contributed by atoms with Crippen molar-refractivity contribution >= 4 is 16.8 Å². The number of benzene rings is 1. The third kappa shape index (κ3) is 3.56. The van der Waals surface area contributed by atoms with Crippen molar-refractivity contribution < 1.29 is 9.53 Å². The Morgan fingerprint density at radius 3 is 2.58 bits per heavy atom. The lowest BCUT2D eigenvalue weighted by molar-refractivity contribution is 0.0643. The molecule has 1 N–H and O–H groups in total. The molecule has 0 spiro atoms. The van der Waals surface area contributed by atoms with Crippen molar-refractivity contribution in [3.8, 4) is 0 Å². The first kappa shape index (κ1) is 18.3. The van der Waals surface area contributed by atoms with Crippen molar-refractivity contribution in [2.75, 3.05) is 46.4 Å². The highest BCUT2D eigenvalue weighted by Gasteiger charge is 2.22. The molecule has 2 heterocycles. The molecule has 26 heavy (non-hydrogen) atoms. The molecule has 0 radical (unpaired) electrons. The maximum atomic E-state index is 12.7. The average molecular weight is 360 g/mol. The van der Waals surface area contributed by atoms with Crippen LogP contribution >= 0.6 is 0 Å². The van der Waals surface area contributed by atoms with E-state index in [0.717, 1.165) is 24.2 Å². The second-order valence-corrected chi connectivity index (χ2v) is 6.37. The molecular weight excluding hydrogens is 336 g/mol. The van der Waals surface area contributed by atoms with Crippen LogP contribution in [0.3, 0.4) is 0 Å². The fourth-order valence-electron chi connectivity index (χ4n) is 3.22. The normalized spacial score (nSPS) is 15.5. The van der Waals surface area contributed by atoms with Crippen LogP contribution in [0.15, 0.2) is 27.8 Å². The topological polar surface area (TPSA) is 87.6 Å². The second-order valence-electron chi connectivity index (χ2n) is 6.37. The zero-order valence-electron chi connectivity index (χ0n) is 15.2. The van der Waals surface area contributed by atoms with Crippen LogP contribution in [0.4, 0.5) is 0 Å². The summed E-state index contributed by atoms with van der Waals surface area (Å²) in [6.45, 7) is 6.62. The maximum absolute atomic E-state index is 12.7. The van der Waals surface area contributed by atoms with Gasteiger partial charge in [-0.3, -0.25) is 14.2 Å². The Kier molecular flexibility index (Phi) is 5.53. The Morgan fingerprint density at radius 2 is 1.92 bits per heavy atom. The van der Waals surface area contributed by atoms with Gasteiger partial charge in [0.2, 0.25) is 0 Å². The largest absolute Gasteiger partial charge is 0.383 e. The van der Waals surface area contributed by atoms with Crippen molar-refractivity contribution in [1.29, 1.82) is 0 Å². The number of likely N-dealkylation sites (N-methyl/N-ethyl adjacent to an activating group) is 1. The van der Waals surface area contributed by atoms with E-state index in [1.54, 1.807) is 18.2 Å². The van der Waals surface area contributed by atoms with E-state index in [2.05, 4.69) is 16.8 Å². The summed E-state index contributed by atoms with van der Waals surface area (Å²) in [6, 6.07) is 4.84.